The van der Waals surface area contributed by atoms with Gasteiger partial charge in [-0.3, -0.25) is 5.32 Å². The second-order valence-corrected chi connectivity index (χ2v) is 10.7. The smallest absolute Gasteiger partial charge is 0.436 e. The van der Waals surface area contributed by atoms with Crippen molar-refractivity contribution in [1.82, 2.24) is 10.6 Å². The average Bonchev–Trinajstić information content (AvgIpc) is 2.82. The summed E-state index contributed by atoms with van der Waals surface area (Å²) >= 11 is 0. The number of carbonyl (C=O) groups excluding carboxylic acids is 4. The van der Waals surface area contributed by atoms with Crippen LogP contribution in [0.5, 0.6) is 0 Å². The minimum absolute atomic E-state index is 0.0928. The molecule has 11 heteroatoms. The van der Waals surface area contributed by atoms with E-state index in [9.17, 15) is 19.2 Å². The zero-order valence-electron chi connectivity index (χ0n) is 24.0. The van der Waals surface area contributed by atoms with Crippen molar-refractivity contribution in [3.8, 4) is 0 Å². The van der Waals surface area contributed by atoms with Crippen LogP contribution in [0, 0.1) is 0 Å². The number of esters is 1. The molecule has 0 fully saturated rings. The fraction of sp³-hybridized carbons (Fsp3) is 0.414. The van der Waals surface area contributed by atoms with Gasteiger partial charge in [-0.2, -0.15) is 4.99 Å². The van der Waals surface area contributed by atoms with Gasteiger partial charge in [-0.25, -0.2) is 19.2 Å². The summed E-state index contributed by atoms with van der Waals surface area (Å²) in [4.78, 5) is 53.8. The van der Waals surface area contributed by atoms with E-state index in [4.69, 9.17) is 14.2 Å². The van der Waals surface area contributed by atoms with Crippen LogP contribution in [0.25, 0.3) is 0 Å². The Labute approximate surface area is 234 Å². The van der Waals surface area contributed by atoms with Gasteiger partial charge in [0.1, 0.15) is 23.1 Å². The Hall–Kier alpha value is -4.41. The van der Waals surface area contributed by atoms with Crippen molar-refractivity contribution < 1.29 is 33.4 Å². The first-order chi connectivity index (χ1) is 18.6. The lowest BCUT2D eigenvalue weighted by Gasteiger charge is -2.21. The molecule has 4 amide bonds. The predicted molar refractivity (Wildman–Crippen MR) is 151 cm³/mol. The summed E-state index contributed by atoms with van der Waals surface area (Å²) in [6.07, 6.45) is -1.45. The van der Waals surface area contributed by atoms with E-state index in [1.807, 2.05) is 30.3 Å². The summed E-state index contributed by atoms with van der Waals surface area (Å²) in [5.74, 6) is -0.641. The van der Waals surface area contributed by atoms with E-state index in [1.165, 1.54) is 0 Å². The van der Waals surface area contributed by atoms with Gasteiger partial charge in [-0.1, -0.05) is 30.3 Å². The lowest BCUT2D eigenvalue weighted by atomic mass is 10.1. The SMILES string of the molecule is CCOC(=O)C(Cc1ccccc1)NC(=O)Nc1ccc(C(=NC(=O)OC(C)(C)C)NC(=O)OC(C)(C)C)cc1. The number of benzene rings is 2. The van der Waals surface area contributed by atoms with Crippen molar-refractivity contribution in [2.75, 3.05) is 11.9 Å². The summed E-state index contributed by atoms with van der Waals surface area (Å²) in [5, 5.41) is 7.79. The Morgan fingerprint density at radius 2 is 1.45 bits per heavy atom. The lowest BCUT2D eigenvalue weighted by molar-refractivity contribution is -0.145. The van der Waals surface area contributed by atoms with Crippen molar-refractivity contribution in [2.24, 2.45) is 4.99 Å². The number of rotatable bonds is 7. The third-order valence-corrected chi connectivity index (χ3v) is 4.79. The molecular formula is C29H38N4O7. The number of alkyl carbamates (subject to hydrolysis) is 1. The van der Waals surface area contributed by atoms with Crippen LogP contribution in [-0.4, -0.2) is 53.9 Å². The molecule has 0 aliphatic carbocycles. The number of ether oxygens (including phenoxy) is 3. The van der Waals surface area contributed by atoms with Crippen LogP contribution in [0.1, 0.15) is 59.6 Å². The molecular weight excluding hydrogens is 516 g/mol. The molecule has 40 heavy (non-hydrogen) atoms. The molecule has 2 aromatic carbocycles. The number of nitrogens with zero attached hydrogens (tertiary/aromatic N) is 1. The summed E-state index contributed by atoms with van der Waals surface area (Å²) in [6.45, 7) is 12.1. The van der Waals surface area contributed by atoms with Gasteiger partial charge in [0.05, 0.1) is 6.61 Å². The number of carbonyl (C=O) groups is 4. The summed E-state index contributed by atoms with van der Waals surface area (Å²) in [7, 11) is 0. The first kappa shape index (κ1) is 31.8. The van der Waals surface area contributed by atoms with Gasteiger partial charge in [0.2, 0.25) is 0 Å². The van der Waals surface area contributed by atoms with E-state index in [0.717, 1.165) is 5.56 Å². The van der Waals surface area contributed by atoms with Crippen LogP contribution in [0.3, 0.4) is 0 Å². The molecule has 0 aliphatic heterocycles. The van der Waals surface area contributed by atoms with E-state index in [-0.39, 0.29) is 18.9 Å². The molecule has 1 unspecified atom stereocenters. The number of amidine groups is 1. The molecule has 2 aromatic rings. The zero-order valence-corrected chi connectivity index (χ0v) is 24.0. The molecule has 0 heterocycles. The Morgan fingerprint density at radius 1 is 0.850 bits per heavy atom. The molecule has 0 aliphatic rings. The molecule has 1 atom stereocenters. The molecule has 11 nitrogen and oxygen atoms in total. The van der Waals surface area contributed by atoms with Crippen molar-refractivity contribution in [3.63, 3.8) is 0 Å². The van der Waals surface area contributed by atoms with Crippen LogP contribution >= 0.6 is 0 Å². The van der Waals surface area contributed by atoms with Gasteiger partial charge in [0, 0.05) is 17.7 Å². The van der Waals surface area contributed by atoms with Crippen molar-refractivity contribution in [1.29, 1.82) is 0 Å². The molecule has 0 saturated carbocycles. The summed E-state index contributed by atoms with van der Waals surface area (Å²) in [6, 6.07) is 13.9. The maximum atomic E-state index is 12.7. The molecule has 0 bridgehead atoms. The van der Waals surface area contributed by atoms with Gasteiger partial charge in [0.15, 0.2) is 0 Å². The quantitative estimate of drug-likeness (QED) is 0.185. The lowest BCUT2D eigenvalue weighted by Crippen LogP contribution is -2.45. The number of amides is 4. The van der Waals surface area contributed by atoms with Gasteiger partial charge in [0.25, 0.3) is 0 Å². The fourth-order valence-electron chi connectivity index (χ4n) is 3.26. The number of urea groups is 1. The van der Waals surface area contributed by atoms with Crippen LogP contribution in [-0.2, 0) is 25.4 Å². The molecule has 3 N–H and O–H groups in total. The monoisotopic (exact) mass is 554 g/mol. The van der Waals surface area contributed by atoms with Gasteiger partial charge in [-0.05, 0) is 78.3 Å². The number of anilines is 1. The topological polar surface area (TPSA) is 144 Å². The number of nitrogens with one attached hydrogen (secondary N) is 3. The Kier molecular flexibility index (Phi) is 11.2. The molecule has 0 aromatic heterocycles. The Morgan fingerprint density at radius 3 is 2.00 bits per heavy atom. The second-order valence-electron chi connectivity index (χ2n) is 10.7. The van der Waals surface area contributed by atoms with E-state index < -0.39 is 41.4 Å². The van der Waals surface area contributed by atoms with Crippen LogP contribution < -0.4 is 16.0 Å². The first-order valence-corrected chi connectivity index (χ1v) is 12.9. The Balaban J connectivity index is 2.18. The van der Waals surface area contributed by atoms with E-state index in [1.54, 1.807) is 72.7 Å². The van der Waals surface area contributed by atoms with E-state index in [2.05, 4.69) is 20.9 Å². The van der Waals surface area contributed by atoms with E-state index in [0.29, 0.717) is 11.3 Å². The number of hydrogen-bond acceptors (Lipinski definition) is 7. The third kappa shape index (κ3) is 12.0. The third-order valence-electron chi connectivity index (χ3n) is 4.79. The molecule has 0 saturated heterocycles. The highest BCUT2D eigenvalue weighted by molar-refractivity contribution is 6.10. The zero-order chi connectivity index (χ0) is 29.9. The minimum atomic E-state index is -0.899. The van der Waals surface area contributed by atoms with Gasteiger partial charge in [-0.15, -0.1) is 0 Å². The van der Waals surface area contributed by atoms with Crippen LogP contribution in [0.15, 0.2) is 59.6 Å². The van der Waals surface area contributed by atoms with E-state index >= 15 is 0 Å². The predicted octanol–water partition coefficient (Wildman–Crippen LogP) is 5.19. The molecule has 2 rings (SSSR count). The molecule has 0 spiro atoms. The maximum Gasteiger partial charge on any atom is 0.436 e. The normalized spacial score (nSPS) is 12.5. The second kappa shape index (κ2) is 14.1. The highest BCUT2D eigenvalue weighted by atomic mass is 16.6. The molecule has 0 radical (unpaired) electrons. The van der Waals surface area contributed by atoms with Crippen LogP contribution in [0.4, 0.5) is 20.1 Å². The number of aliphatic imine (C=N–C) groups is 1. The fourth-order valence-corrected chi connectivity index (χ4v) is 3.26. The summed E-state index contributed by atoms with van der Waals surface area (Å²) in [5.41, 5.74) is 0.0401. The van der Waals surface area contributed by atoms with Crippen molar-refractivity contribution in [2.45, 2.75) is 72.1 Å². The maximum absolute atomic E-state index is 12.7. The molecule has 216 valence electrons. The standard InChI is InChI=1S/C29H38N4O7/c1-8-38-24(34)22(18-19-12-10-9-11-13-19)31-25(35)30-21-16-14-20(15-17-21)23(32-26(36)39-28(2,3)4)33-27(37)40-29(5,6)7/h9-17,22H,8,18H2,1-7H3,(H2,30,31,35)(H,32,33,36,37). The highest BCUT2D eigenvalue weighted by Crippen LogP contribution is 2.14. The largest absolute Gasteiger partial charge is 0.464 e. The first-order valence-electron chi connectivity index (χ1n) is 12.9. The van der Waals surface area contributed by atoms with Crippen LogP contribution in [0.2, 0.25) is 0 Å². The van der Waals surface area contributed by atoms with Crippen molar-refractivity contribution in [3.05, 3.63) is 65.7 Å². The minimum Gasteiger partial charge on any atom is -0.464 e. The van der Waals surface area contributed by atoms with Gasteiger partial charge < -0.3 is 24.8 Å². The van der Waals surface area contributed by atoms with Crippen molar-refractivity contribution >= 4 is 35.7 Å². The Bertz CT molecular complexity index is 1200. The summed E-state index contributed by atoms with van der Waals surface area (Å²) < 4.78 is 15.6. The number of hydrogen-bond donors (Lipinski definition) is 3. The van der Waals surface area contributed by atoms with Gasteiger partial charge >= 0.3 is 24.2 Å². The highest BCUT2D eigenvalue weighted by Gasteiger charge is 2.23. The average molecular weight is 555 g/mol.